The van der Waals surface area contributed by atoms with Gasteiger partial charge in [0.05, 0.1) is 13.2 Å². The molecule has 0 saturated carbocycles. The molecule has 2 N–H and O–H groups in total. The Bertz CT molecular complexity index is 460. The van der Waals surface area contributed by atoms with Gasteiger partial charge in [-0.1, -0.05) is 0 Å². The van der Waals surface area contributed by atoms with E-state index < -0.39 is 10.0 Å². The molecule has 1 rings (SSSR count). The van der Waals surface area contributed by atoms with E-state index in [0.29, 0.717) is 4.47 Å². The smallest absolute Gasteiger partial charge is 0.244 e. The molecule has 0 saturated heterocycles. The molecule has 8 heteroatoms. The van der Waals surface area contributed by atoms with Crippen LogP contribution >= 0.6 is 15.9 Å². The van der Waals surface area contributed by atoms with Crippen molar-refractivity contribution in [1.82, 2.24) is 9.29 Å². The van der Waals surface area contributed by atoms with Crippen molar-refractivity contribution in [3.8, 4) is 0 Å². The molecule has 0 amide bonds. The summed E-state index contributed by atoms with van der Waals surface area (Å²) >= 11 is 3.14. The molecule has 0 atom stereocenters. The Hall–Kier alpha value is -0.540. The second-order valence-corrected chi connectivity index (χ2v) is 6.04. The van der Waals surface area contributed by atoms with Gasteiger partial charge in [-0.3, -0.25) is 4.98 Å². The third kappa shape index (κ3) is 3.71. The van der Waals surface area contributed by atoms with E-state index in [4.69, 9.17) is 10.2 Å². The minimum Gasteiger partial charge on any atom is -0.395 e. The summed E-state index contributed by atoms with van der Waals surface area (Å²) < 4.78 is 25.8. The van der Waals surface area contributed by atoms with Crippen LogP contribution in [0.2, 0.25) is 0 Å². The summed E-state index contributed by atoms with van der Waals surface area (Å²) in [6.45, 7) is -0.730. The number of hydrogen-bond acceptors (Lipinski definition) is 5. The van der Waals surface area contributed by atoms with Crippen LogP contribution in [0, 0.1) is 0 Å². The Morgan fingerprint density at radius 3 is 2.29 bits per heavy atom. The molecule has 1 heterocycles. The molecule has 96 valence electrons. The number of aromatic nitrogens is 1. The summed E-state index contributed by atoms with van der Waals surface area (Å²) in [7, 11) is -3.73. The second kappa shape index (κ2) is 6.41. The number of hydrogen-bond donors (Lipinski definition) is 2. The van der Waals surface area contributed by atoms with Crippen LogP contribution in [0.5, 0.6) is 0 Å². The second-order valence-electron chi connectivity index (χ2n) is 3.19. The number of halogens is 1. The van der Waals surface area contributed by atoms with Gasteiger partial charge < -0.3 is 10.2 Å². The quantitative estimate of drug-likeness (QED) is 0.757. The first-order valence-corrected chi connectivity index (χ1v) is 7.08. The Morgan fingerprint density at radius 2 is 1.82 bits per heavy atom. The van der Waals surface area contributed by atoms with Crippen LogP contribution in [-0.2, 0) is 10.0 Å². The van der Waals surface area contributed by atoms with Crippen molar-refractivity contribution in [2.24, 2.45) is 0 Å². The highest BCUT2D eigenvalue weighted by atomic mass is 79.9. The summed E-state index contributed by atoms with van der Waals surface area (Å²) in [5.74, 6) is 0. The topological polar surface area (TPSA) is 90.7 Å². The van der Waals surface area contributed by atoms with E-state index in [1.165, 1.54) is 18.5 Å². The average molecular weight is 325 g/mol. The van der Waals surface area contributed by atoms with Crippen LogP contribution in [0.4, 0.5) is 0 Å². The highest BCUT2D eigenvalue weighted by Crippen LogP contribution is 2.18. The molecular weight excluding hydrogens is 312 g/mol. The zero-order valence-corrected chi connectivity index (χ0v) is 11.4. The van der Waals surface area contributed by atoms with Crippen LogP contribution in [0.3, 0.4) is 0 Å². The lowest BCUT2D eigenvalue weighted by molar-refractivity contribution is 0.217. The molecule has 0 aliphatic rings. The SMILES string of the molecule is O=S(=O)(c1cncc(Br)c1)N(CCO)CCO. The van der Waals surface area contributed by atoms with Crippen LogP contribution in [0.25, 0.3) is 0 Å². The van der Waals surface area contributed by atoms with Gasteiger partial charge in [0.25, 0.3) is 0 Å². The number of sulfonamides is 1. The summed E-state index contributed by atoms with van der Waals surface area (Å²) in [5.41, 5.74) is 0. The van der Waals surface area contributed by atoms with Gasteiger partial charge in [-0.05, 0) is 22.0 Å². The van der Waals surface area contributed by atoms with Crippen molar-refractivity contribution in [2.75, 3.05) is 26.3 Å². The van der Waals surface area contributed by atoms with Gasteiger partial charge in [-0.25, -0.2) is 8.42 Å². The number of aliphatic hydroxyl groups is 2. The van der Waals surface area contributed by atoms with Crippen molar-refractivity contribution < 1.29 is 18.6 Å². The zero-order valence-electron chi connectivity index (χ0n) is 8.95. The Balaban J connectivity index is 3.07. The minimum absolute atomic E-state index is 0.0220. The molecule has 0 aliphatic carbocycles. The first-order valence-electron chi connectivity index (χ1n) is 4.85. The molecule has 0 spiro atoms. The van der Waals surface area contributed by atoms with Crippen LogP contribution in [0.1, 0.15) is 0 Å². The van der Waals surface area contributed by atoms with Gasteiger partial charge >= 0.3 is 0 Å². The van der Waals surface area contributed by atoms with Crippen LogP contribution in [-0.4, -0.2) is 54.2 Å². The van der Waals surface area contributed by atoms with E-state index in [0.717, 1.165) is 4.31 Å². The highest BCUT2D eigenvalue weighted by Gasteiger charge is 2.23. The average Bonchev–Trinajstić information content (AvgIpc) is 2.29. The van der Waals surface area contributed by atoms with Crippen molar-refractivity contribution in [3.05, 3.63) is 22.9 Å². The third-order valence-corrected chi connectivity index (χ3v) is 4.31. The van der Waals surface area contributed by atoms with Gasteiger partial charge in [0.15, 0.2) is 0 Å². The minimum atomic E-state index is -3.73. The van der Waals surface area contributed by atoms with E-state index in [9.17, 15) is 8.42 Å². The van der Waals surface area contributed by atoms with Crippen molar-refractivity contribution in [2.45, 2.75) is 4.90 Å². The third-order valence-electron chi connectivity index (χ3n) is 2.02. The lowest BCUT2D eigenvalue weighted by Crippen LogP contribution is -2.35. The number of rotatable bonds is 6. The largest absolute Gasteiger partial charge is 0.395 e. The molecule has 0 fully saturated rings. The molecule has 1 aromatic rings. The van der Waals surface area contributed by atoms with E-state index in [1.54, 1.807) is 0 Å². The van der Waals surface area contributed by atoms with Gasteiger partial charge in [-0.15, -0.1) is 0 Å². The summed E-state index contributed by atoms with van der Waals surface area (Å²) in [6, 6.07) is 1.42. The van der Waals surface area contributed by atoms with Gasteiger partial charge in [0.2, 0.25) is 10.0 Å². The fourth-order valence-electron chi connectivity index (χ4n) is 1.26. The lowest BCUT2D eigenvalue weighted by atomic mass is 10.5. The van der Waals surface area contributed by atoms with Crippen molar-refractivity contribution in [3.63, 3.8) is 0 Å². The van der Waals surface area contributed by atoms with E-state index in [-0.39, 0.29) is 31.2 Å². The maximum atomic E-state index is 12.1. The summed E-state index contributed by atoms with van der Waals surface area (Å²) in [6.07, 6.45) is 2.70. The molecule has 0 aromatic carbocycles. The van der Waals surface area contributed by atoms with E-state index in [2.05, 4.69) is 20.9 Å². The van der Waals surface area contributed by atoms with Crippen LogP contribution < -0.4 is 0 Å². The standard InChI is InChI=1S/C9H13BrN2O4S/c10-8-5-9(7-11-6-8)17(15,16)12(1-3-13)2-4-14/h5-7,13-14H,1-4H2. The van der Waals surface area contributed by atoms with Crippen molar-refractivity contribution in [1.29, 1.82) is 0 Å². The van der Waals surface area contributed by atoms with Crippen LogP contribution in [0.15, 0.2) is 27.8 Å². The molecule has 0 aliphatic heterocycles. The molecule has 6 nitrogen and oxygen atoms in total. The predicted molar refractivity (Wildman–Crippen MR) is 64.9 cm³/mol. The number of nitrogens with zero attached hydrogens (tertiary/aromatic N) is 2. The molecule has 0 unspecified atom stereocenters. The summed E-state index contributed by atoms with van der Waals surface area (Å²) in [5, 5.41) is 17.6. The van der Waals surface area contributed by atoms with E-state index in [1.807, 2.05) is 0 Å². The van der Waals surface area contributed by atoms with E-state index >= 15 is 0 Å². The molecule has 1 aromatic heterocycles. The molecule has 0 radical (unpaired) electrons. The maximum Gasteiger partial charge on any atom is 0.244 e. The maximum absolute atomic E-state index is 12.1. The monoisotopic (exact) mass is 324 g/mol. The fraction of sp³-hybridized carbons (Fsp3) is 0.444. The first-order chi connectivity index (χ1) is 8.02. The molecular formula is C9H13BrN2O4S. The van der Waals surface area contributed by atoms with Crippen molar-refractivity contribution >= 4 is 26.0 Å². The zero-order chi connectivity index (χ0) is 12.9. The number of pyridine rings is 1. The summed E-state index contributed by atoms with van der Waals surface area (Å²) in [4.78, 5) is 3.80. The van der Waals surface area contributed by atoms with Gasteiger partial charge in [0, 0.05) is 30.0 Å². The fourth-order valence-corrected chi connectivity index (χ4v) is 3.19. The number of aliphatic hydroxyl groups excluding tert-OH is 2. The highest BCUT2D eigenvalue weighted by molar-refractivity contribution is 9.10. The van der Waals surface area contributed by atoms with Gasteiger partial charge in [0.1, 0.15) is 4.90 Å². The molecule has 0 bridgehead atoms. The van der Waals surface area contributed by atoms with Gasteiger partial charge in [-0.2, -0.15) is 4.31 Å². The normalized spacial score (nSPS) is 12.0. The Morgan fingerprint density at radius 1 is 1.24 bits per heavy atom. The Labute approximate surface area is 108 Å². The Kier molecular flexibility index (Phi) is 5.47. The predicted octanol–water partition coefficient (Wildman–Crippen LogP) is -0.181. The lowest BCUT2D eigenvalue weighted by Gasteiger charge is -2.19. The molecule has 17 heavy (non-hydrogen) atoms. The first kappa shape index (κ1) is 14.5.